The van der Waals surface area contributed by atoms with Crippen LogP contribution in [0.3, 0.4) is 0 Å². The van der Waals surface area contributed by atoms with Crippen LogP contribution in [0.2, 0.25) is 0 Å². The molecule has 45 valence electrons. The molecule has 0 heterocycles. The minimum absolute atomic E-state index is 0.758. The summed E-state index contributed by atoms with van der Waals surface area (Å²) in [5, 5.41) is 0. The molecule has 0 spiro atoms. The predicted molar refractivity (Wildman–Crippen MR) is 37.3 cm³/mol. The Morgan fingerprint density at radius 3 is 2.38 bits per heavy atom. The summed E-state index contributed by atoms with van der Waals surface area (Å²) in [6, 6.07) is 0. The highest BCUT2D eigenvalue weighted by Gasteiger charge is 1.72. The van der Waals surface area contributed by atoms with E-state index in [1.165, 1.54) is 0 Å². The molecule has 0 N–H and O–H groups in total. The first-order chi connectivity index (χ1) is 3.91. The second kappa shape index (κ2) is 6.74. The molecule has 0 bridgehead atoms. The van der Waals surface area contributed by atoms with Crippen molar-refractivity contribution in [1.29, 1.82) is 0 Å². The molecule has 0 rings (SSSR count). The van der Waals surface area contributed by atoms with Crippen molar-refractivity contribution in [3.63, 3.8) is 0 Å². The second-order valence-corrected chi connectivity index (χ2v) is 1.69. The van der Waals surface area contributed by atoms with Gasteiger partial charge in [-0.1, -0.05) is 19.1 Å². The Morgan fingerprint density at radius 2 is 1.88 bits per heavy atom. The summed E-state index contributed by atoms with van der Waals surface area (Å²) in [7, 11) is 0. The molecule has 0 fully saturated rings. The summed E-state index contributed by atoms with van der Waals surface area (Å²) in [5.74, 6) is 0. The van der Waals surface area contributed by atoms with E-state index < -0.39 is 0 Å². The maximum Gasteiger partial charge on any atom is -0.0348 e. The van der Waals surface area contributed by atoms with Crippen LogP contribution >= 0.6 is 0 Å². The topological polar surface area (TPSA) is 0 Å². The van der Waals surface area contributed by atoms with Gasteiger partial charge >= 0.3 is 0 Å². The highest BCUT2D eigenvalue weighted by molar-refractivity contribution is 4.81. The van der Waals surface area contributed by atoms with Crippen molar-refractivity contribution in [3.05, 3.63) is 26.0 Å². The molecular weight excluding hydrogens is 96.1 g/mol. The fraction of sp³-hybridized carbons (Fsp3) is 0.500. The summed E-state index contributed by atoms with van der Waals surface area (Å²) in [6.45, 7) is 8.94. The Labute approximate surface area is 52.6 Å². The van der Waals surface area contributed by atoms with E-state index in [4.69, 9.17) is 6.92 Å². The van der Waals surface area contributed by atoms with E-state index in [-0.39, 0.29) is 0 Å². The molecule has 0 aliphatic carbocycles. The van der Waals surface area contributed by atoms with Crippen LogP contribution in [0.5, 0.6) is 0 Å². The standard InChI is InChI=1S/C8H13/c1-3-5-7-8-6-4-2/h1,7-8H,2-6H2/b8-7+. The zero-order valence-electron chi connectivity index (χ0n) is 5.27. The average Bonchev–Trinajstić information content (AvgIpc) is 1.81. The molecule has 0 nitrogen and oxygen atoms in total. The lowest BCUT2D eigenvalue weighted by atomic mass is 10.2. The first kappa shape index (κ1) is 7.74. The van der Waals surface area contributed by atoms with Gasteiger partial charge in [0.05, 0.1) is 0 Å². The highest BCUT2D eigenvalue weighted by Crippen LogP contribution is 1.92. The molecule has 0 atom stereocenters. The number of hydrogen-bond acceptors (Lipinski definition) is 0. The quantitative estimate of drug-likeness (QED) is 0.487. The smallest absolute Gasteiger partial charge is 0.0348 e. The minimum Gasteiger partial charge on any atom is -0.0885 e. The van der Waals surface area contributed by atoms with Gasteiger partial charge in [-0.3, -0.25) is 0 Å². The molecule has 3 radical (unpaired) electrons. The maximum absolute atomic E-state index is 5.24. The highest BCUT2D eigenvalue weighted by atomic mass is 13.8. The Hall–Kier alpha value is -0.260. The van der Waals surface area contributed by atoms with Gasteiger partial charge < -0.3 is 0 Å². The third kappa shape index (κ3) is 5.74. The molecule has 0 aromatic carbocycles. The first-order valence-electron chi connectivity index (χ1n) is 3.06. The van der Waals surface area contributed by atoms with E-state index in [0.717, 1.165) is 25.7 Å². The number of allylic oxidation sites excluding steroid dienone is 2. The summed E-state index contributed by atoms with van der Waals surface area (Å²) in [5.41, 5.74) is 0. The zero-order chi connectivity index (χ0) is 6.24. The van der Waals surface area contributed by atoms with Gasteiger partial charge in [-0.2, -0.15) is 0 Å². The van der Waals surface area contributed by atoms with E-state index in [1.54, 1.807) is 0 Å². The first-order valence-corrected chi connectivity index (χ1v) is 3.06. The van der Waals surface area contributed by atoms with Crippen molar-refractivity contribution in [1.82, 2.24) is 0 Å². The summed E-state index contributed by atoms with van der Waals surface area (Å²) >= 11 is 0. The lowest BCUT2D eigenvalue weighted by Crippen LogP contribution is -1.63. The third-order valence-corrected chi connectivity index (χ3v) is 0.871. The van der Waals surface area contributed by atoms with Crippen LogP contribution in [-0.2, 0) is 0 Å². The van der Waals surface area contributed by atoms with Crippen molar-refractivity contribution < 1.29 is 0 Å². The number of hydrogen-bond donors (Lipinski definition) is 0. The molecule has 0 heteroatoms. The second-order valence-electron chi connectivity index (χ2n) is 1.69. The molecule has 0 saturated heterocycles. The van der Waals surface area contributed by atoms with Gasteiger partial charge in [0.25, 0.3) is 0 Å². The summed E-state index contributed by atoms with van der Waals surface area (Å²) < 4.78 is 0. The van der Waals surface area contributed by atoms with Crippen molar-refractivity contribution in [2.75, 3.05) is 0 Å². The Bertz CT molecular complexity index is 45.1. The molecule has 8 heavy (non-hydrogen) atoms. The average molecular weight is 109 g/mol. The lowest BCUT2D eigenvalue weighted by molar-refractivity contribution is 1.00. The lowest BCUT2D eigenvalue weighted by Gasteiger charge is -1.83. The van der Waals surface area contributed by atoms with Crippen molar-refractivity contribution in [3.8, 4) is 0 Å². The minimum atomic E-state index is 0.758. The predicted octanol–water partition coefficient (Wildman–Crippen LogP) is 2.65. The van der Waals surface area contributed by atoms with Gasteiger partial charge in [0.1, 0.15) is 0 Å². The van der Waals surface area contributed by atoms with Crippen molar-refractivity contribution in [2.45, 2.75) is 25.7 Å². The van der Waals surface area contributed by atoms with Crippen molar-refractivity contribution in [2.24, 2.45) is 0 Å². The molecule has 0 aliphatic heterocycles. The Morgan fingerprint density at radius 1 is 1.25 bits per heavy atom. The fourth-order valence-electron chi connectivity index (χ4n) is 0.450. The van der Waals surface area contributed by atoms with Gasteiger partial charge in [-0.25, -0.2) is 0 Å². The van der Waals surface area contributed by atoms with Crippen LogP contribution in [0.15, 0.2) is 12.2 Å². The molecular formula is C8H13. The number of unbranched alkanes of at least 4 members (excludes halogenated alkanes) is 2. The molecule has 0 unspecified atom stereocenters. The molecule has 0 amide bonds. The van der Waals surface area contributed by atoms with Gasteiger partial charge in [-0.15, -0.1) is 0 Å². The Kier molecular flexibility index (Phi) is 6.52. The van der Waals surface area contributed by atoms with Gasteiger partial charge in [0, 0.05) is 0 Å². The normalized spacial score (nSPS) is 10.8. The van der Waals surface area contributed by atoms with E-state index in [9.17, 15) is 0 Å². The third-order valence-electron chi connectivity index (χ3n) is 0.871. The van der Waals surface area contributed by atoms with Crippen LogP contribution in [0.25, 0.3) is 0 Å². The SMILES string of the molecule is [CH]CC/C=C/CC[CH2]. The Balaban J connectivity index is 2.83. The monoisotopic (exact) mass is 109 g/mol. The fourth-order valence-corrected chi connectivity index (χ4v) is 0.450. The van der Waals surface area contributed by atoms with E-state index in [0.29, 0.717) is 0 Å². The number of rotatable bonds is 4. The largest absolute Gasteiger partial charge is 0.0885 e. The van der Waals surface area contributed by atoms with Crippen LogP contribution in [-0.4, -0.2) is 0 Å². The van der Waals surface area contributed by atoms with Crippen LogP contribution in [0.1, 0.15) is 25.7 Å². The maximum atomic E-state index is 5.24. The van der Waals surface area contributed by atoms with E-state index in [2.05, 4.69) is 19.1 Å². The molecule has 0 saturated carbocycles. The molecule has 0 aromatic heterocycles. The van der Waals surface area contributed by atoms with Crippen LogP contribution < -0.4 is 0 Å². The molecule has 0 aromatic rings. The zero-order valence-corrected chi connectivity index (χ0v) is 5.27. The van der Waals surface area contributed by atoms with Crippen LogP contribution in [0, 0.1) is 13.8 Å². The van der Waals surface area contributed by atoms with Crippen molar-refractivity contribution >= 4 is 0 Å². The summed E-state index contributed by atoms with van der Waals surface area (Å²) in [6.07, 6.45) is 8.06. The molecule has 0 aliphatic rings. The van der Waals surface area contributed by atoms with Gasteiger partial charge in [-0.05, 0) is 32.6 Å². The summed E-state index contributed by atoms with van der Waals surface area (Å²) in [4.78, 5) is 0. The van der Waals surface area contributed by atoms with Gasteiger partial charge in [0.15, 0.2) is 0 Å². The van der Waals surface area contributed by atoms with E-state index in [1.807, 2.05) is 0 Å². The van der Waals surface area contributed by atoms with Gasteiger partial charge in [0.2, 0.25) is 0 Å². The van der Waals surface area contributed by atoms with Crippen LogP contribution in [0.4, 0.5) is 0 Å². The van der Waals surface area contributed by atoms with E-state index >= 15 is 0 Å².